The van der Waals surface area contributed by atoms with Crippen LogP contribution in [-0.2, 0) is 0 Å². The smallest absolute Gasteiger partial charge is 0.872 e. The SMILES string of the molecule is O=C([O-])c1cccc(-c2ccccc2[O-])c1C(=O)[O-].[Na+].[Na+].[Na+]. The van der Waals surface area contributed by atoms with Crippen LogP contribution in [0.2, 0.25) is 0 Å². The number of carboxylic acids is 2. The van der Waals surface area contributed by atoms with Gasteiger partial charge >= 0.3 is 88.7 Å². The van der Waals surface area contributed by atoms with Gasteiger partial charge in [-0.25, -0.2) is 0 Å². The minimum Gasteiger partial charge on any atom is -0.872 e. The zero-order valence-corrected chi connectivity index (χ0v) is 18.6. The molecule has 0 amide bonds. The maximum absolute atomic E-state index is 11.7. The van der Waals surface area contributed by atoms with Crippen LogP contribution in [0.15, 0.2) is 42.5 Å². The largest absolute Gasteiger partial charge is 1.00 e. The Balaban J connectivity index is 0. The van der Waals surface area contributed by atoms with Gasteiger partial charge in [-0.15, -0.1) is 5.75 Å². The van der Waals surface area contributed by atoms with Gasteiger partial charge in [0.1, 0.15) is 0 Å². The summed E-state index contributed by atoms with van der Waals surface area (Å²) < 4.78 is 0. The van der Waals surface area contributed by atoms with Crippen LogP contribution in [0.1, 0.15) is 20.7 Å². The van der Waals surface area contributed by atoms with Gasteiger partial charge in [-0.1, -0.05) is 42.5 Å². The normalized spacial score (nSPS) is 8.73. The van der Waals surface area contributed by atoms with E-state index in [1.165, 1.54) is 30.3 Å². The van der Waals surface area contributed by atoms with Crippen molar-refractivity contribution in [2.24, 2.45) is 0 Å². The summed E-state index contributed by atoms with van der Waals surface area (Å²) in [5, 5.41) is 33.7. The van der Waals surface area contributed by atoms with Gasteiger partial charge in [-0.2, -0.15) is 0 Å². The standard InChI is InChI=1S/C14H10O5.3Na/c15-11-7-2-1-4-8(11)9-5-3-6-10(13(16)17)12(9)14(18)19;;;/h1-7,15H,(H,16,17)(H,18,19);;;/q;3*+1/p-3. The Morgan fingerprint density at radius 1 is 0.727 bits per heavy atom. The maximum atomic E-state index is 11.7. The molecule has 0 heterocycles. The molecule has 0 bridgehead atoms. The van der Waals surface area contributed by atoms with Gasteiger partial charge < -0.3 is 24.9 Å². The van der Waals surface area contributed by atoms with Crippen molar-refractivity contribution in [2.75, 3.05) is 0 Å². The molecular weight excluding hydrogens is 317 g/mol. The molecule has 2 aromatic carbocycles. The number of hydrogen-bond donors (Lipinski definition) is 0. The molecule has 0 saturated carbocycles. The van der Waals surface area contributed by atoms with Crippen molar-refractivity contribution in [2.45, 2.75) is 0 Å². The number of carboxylic acid groups (broad SMARTS) is 2. The van der Waals surface area contributed by atoms with Crippen LogP contribution in [-0.4, -0.2) is 11.9 Å². The molecule has 0 atom stereocenters. The van der Waals surface area contributed by atoms with Crippen LogP contribution in [0.3, 0.4) is 0 Å². The first-order valence-corrected chi connectivity index (χ1v) is 5.34. The van der Waals surface area contributed by atoms with E-state index >= 15 is 0 Å². The Morgan fingerprint density at radius 3 is 1.77 bits per heavy atom. The summed E-state index contributed by atoms with van der Waals surface area (Å²) >= 11 is 0. The Labute approximate surface area is 193 Å². The Bertz CT molecular complexity index is 673. The second-order valence-corrected chi connectivity index (χ2v) is 3.80. The Morgan fingerprint density at radius 2 is 1.27 bits per heavy atom. The number of para-hydroxylation sites is 1. The number of aromatic carboxylic acids is 2. The molecule has 2 rings (SSSR count). The summed E-state index contributed by atoms with van der Waals surface area (Å²) in [6.45, 7) is 0. The van der Waals surface area contributed by atoms with Gasteiger partial charge in [0.05, 0.1) is 11.9 Å². The average molecular weight is 324 g/mol. The third-order valence-electron chi connectivity index (χ3n) is 2.67. The van der Waals surface area contributed by atoms with Gasteiger partial charge in [0.25, 0.3) is 0 Å². The topological polar surface area (TPSA) is 103 Å². The maximum Gasteiger partial charge on any atom is 1.00 e. The van der Waals surface area contributed by atoms with E-state index in [4.69, 9.17) is 0 Å². The molecule has 0 aliphatic carbocycles. The molecule has 0 aliphatic rings. The van der Waals surface area contributed by atoms with Crippen LogP contribution >= 0.6 is 0 Å². The van der Waals surface area contributed by atoms with E-state index in [0.717, 1.165) is 6.07 Å². The van der Waals surface area contributed by atoms with Crippen molar-refractivity contribution in [3.8, 4) is 16.9 Å². The molecule has 2 aromatic rings. The molecule has 5 nitrogen and oxygen atoms in total. The predicted molar refractivity (Wildman–Crippen MR) is 60.0 cm³/mol. The minimum absolute atomic E-state index is 0. The molecule has 0 spiro atoms. The molecule has 0 saturated heterocycles. The number of rotatable bonds is 3. The van der Waals surface area contributed by atoms with E-state index in [-0.39, 0.29) is 99.8 Å². The summed E-state index contributed by atoms with van der Waals surface area (Å²) in [5.41, 5.74) is -0.955. The second kappa shape index (κ2) is 10.9. The molecule has 96 valence electrons. The first-order chi connectivity index (χ1) is 9.02. The quantitative estimate of drug-likeness (QED) is 0.522. The molecule has 0 aliphatic heterocycles. The van der Waals surface area contributed by atoms with Gasteiger partial charge in [0, 0.05) is 11.1 Å². The van der Waals surface area contributed by atoms with Crippen LogP contribution in [0.4, 0.5) is 0 Å². The van der Waals surface area contributed by atoms with Crippen LogP contribution in [0.5, 0.6) is 5.75 Å². The van der Waals surface area contributed by atoms with E-state index in [0.29, 0.717) is 0 Å². The first kappa shape index (κ1) is 24.4. The fourth-order valence-corrected chi connectivity index (χ4v) is 1.86. The summed E-state index contributed by atoms with van der Waals surface area (Å²) in [6.07, 6.45) is 0. The van der Waals surface area contributed by atoms with Crippen molar-refractivity contribution >= 4 is 11.9 Å². The average Bonchev–Trinajstić information content (AvgIpc) is 2.38. The molecule has 0 aromatic heterocycles. The van der Waals surface area contributed by atoms with Crippen molar-refractivity contribution in [3.63, 3.8) is 0 Å². The van der Waals surface area contributed by atoms with Crippen molar-refractivity contribution < 1.29 is 114 Å². The molecule has 22 heavy (non-hydrogen) atoms. The summed E-state index contributed by atoms with van der Waals surface area (Å²) in [4.78, 5) is 22.0. The van der Waals surface area contributed by atoms with E-state index in [2.05, 4.69) is 0 Å². The van der Waals surface area contributed by atoms with Crippen LogP contribution in [0, 0.1) is 0 Å². The zero-order valence-electron chi connectivity index (χ0n) is 12.6. The van der Waals surface area contributed by atoms with Crippen molar-refractivity contribution in [3.05, 3.63) is 53.6 Å². The van der Waals surface area contributed by atoms with Crippen molar-refractivity contribution in [1.82, 2.24) is 0 Å². The van der Waals surface area contributed by atoms with E-state index < -0.39 is 28.8 Å². The first-order valence-electron chi connectivity index (χ1n) is 5.34. The summed E-state index contributed by atoms with van der Waals surface area (Å²) in [7, 11) is 0. The summed E-state index contributed by atoms with van der Waals surface area (Å²) in [5.74, 6) is -3.71. The molecule has 8 heteroatoms. The van der Waals surface area contributed by atoms with Crippen molar-refractivity contribution in [1.29, 1.82) is 0 Å². The molecular formula is C14H7Na3O5. The molecule has 0 N–H and O–H groups in total. The molecule has 0 fully saturated rings. The van der Waals surface area contributed by atoms with E-state index in [9.17, 15) is 24.9 Å². The van der Waals surface area contributed by atoms with E-state index in [1.54, 1.807) is 6.07 Å². The number of benzene rings is 2. The number of carbonyl (C=O) groups excluding carboxylic acids is 2. The van der Waals surface area contributed by atoms with Crippen LogP contribution < -0.4 is 104 Å². The number of hydrogen-bond acceptors (Lipinski definition) is 5. The number of carbonyl (C=O) groups is 2. The zero-order chi connectivity index (χ0) is 14.0. The van der Waals surface area contributed by atoms with Crippen LogP contribution in [0.25, 0.3) is 11.1 Å². The van der Waals surface area contributed by atoms with Gasteiger partial charge in [-0.3, -0.25) is 0 Å². The Hall–Kier alpha value is 0.180. The predicted octanol–water partition coefficient (Wildman–Crippen LogP) is -9.83. The molecule has 0 unspecified atom stereocenters. The second-order valence-electron chi connectivity index (χ2n) is 3.80. The third-order valence-corrected chi connectivity index (χ3v) is 2.67. The minimum atomic E-state index is -1.67. The van der Waals surface area contributed by atoms with Gasteiger partial charge in [-0.05, 0) is 11.1 Å². The van der Waals surface area contributed by atoms with Gasteiger partial charge in [0.2, 0.25) is 0 Å². The Kier molecular flexibility index (Phi) is 12.1. The summed E-state index contributed by atoms with van der Waals surface area (Å²) in [6, 6.07) is 9.54. The van der Waals surface area contributed by atoms with Gasteiger partial charge in [0.15, 0.2) is 0 Å². The van der Waals surface area contributed by atoms with E-state index in [1.807, 2.05) is 0 Å². The fourth-order valence-electron chi connectivity index (χ4n) is 1.86. The fraction of sp³-hybridized carbons (Fsp3) is 0. The molecule has 0 radical (unpaired) electrons. The third kappa shape index (κ3) is 5.37. The monoisotopic (exact) mass is 324 g/mol.